The fraction of sp³-hybridized carbons (Fsp3) is 0.562. The van der Waals surface area contributed by atoms with Crippen molar-refractivity contribution >= 4 is 17.4 Å². The molecule has 1 aromatic rings. The van der Waals surface area contributed by atoms with Crippen molar-refractivity contribution in [2.75, 3.05) is 31.1 Å². The van der Waals surface area contributed by atoms with E-state index in [-0.39, 0.29) is 17.8 Å². The molecule has 1 heterocycles. The molecule has 1 aromatic carbocycles. The third kappa shape index (κ3) is 4.34. The molecule has 0 atom stereocenters. The Morgan fingerprint density at radius 3 is 2.22 bits per heavy atom. The van der Waals surface area contributed by atoms with Crippen molar-refractivity contribution in [2.24, 2.45) is 0 Å². The van der Waals surface area contributed by atoms with E-state index in [1.165, 1.54) is 12.1 Å². The number of nitrogens with zero attached hydrogens (tertiary/aromatic N) is 3. The number of piperazine rings is 1. The Hall–Kier alpha value is -2.31. The zero-order chi connectivity index (χ0) is 16.8. The van der Waals surface area contributed by atoms with Crippen LogP contribution >= 0.6 is 0 Å². The SMILES string of the molecule is CCC(CC)NC(=O)N1CCN(c2ccc([N+](=O)[O-])cc2)CC1. The number of hydrogen-bond acceptors (Lipinski definition) is 4. The summed E-state index contributed by atoms with van der Waals surface area (Å²) >= 11 is 0. The van der Waals surface area contributed by atoms with Gasteiger partial charge in [0.1, 0.15) is 0 Å². The van der Waals surface area contributed by atoms with Gasteiger partial charge in [0.05, 0.1) is 4.92 Å². The van der Waals surface area contributed by atoms with Crippen molar-refractivity contribution in [3.8, 4) is 0 Å². The number of urea groups is 1. The minimum Gasteiger partial charge on any atom is -0.368 e. The van der Waals surface area contributed by atoms with Crippen LogP contribution in [0.5, 0.6) is 0 Å². The van der Waals surface area contributed by atoms with Crippen molar-refractivity contribution in [1.29, 1.82) is 0 Å². The molecule has 126 valence electrons. The lowest BCUT2D eigenvalue weighted by molar-refractivity contribution is -0.384. The Balaban J connectivity index is 1.88. The molecule has 2 rings (SSSR count). The monoisotopic (exact) mass is 320 g/mol. The second-order valence-electron chi connectivity index (χ2n) is 5.71. The summed E-state index contributed by atoms with van der Waals surface area (Å²) in [6.07, 6.45) is 1.87. The van der Waals surface area contributed by atoms with Gasteiger partial charge in [-0.15, -0.1) is 0 Å². The van der Waals surface area contributed by atoms with Gasteiger partial charge in [0, 0.05) is 50.0 Å². The number of nitrogens with one attached hydrogen (secondary N) is 1. The zero-order valence-corrected chi connectivity index (χ0v) is 13.7. The van der Waals surface area contributed by atoms with Crippen molar-refractivity contribution < 1.29 is 9.72 Å². The molecule has 0 aliphatic carbocycles. The molecule has 7 heteroatoms. The number of nitro benzene ring substituents is 1. The molecule has 0 saturated carbocycles. The molecule has 0 aromatic heterocycles. The lowest BCUT2D eigenvalue weighted by atomic mass is 10.2. The van der Waals surface area contributed by atoms with E-state index < -0.39 is 4.92 Å². The first-order valence-corrected chi connectivity index (χ1v) is 8.10. The second-order valence-corrected chi connectivity index (χ2v) is 5.71. The number of benzene rings is 1. The number of carbonyl (C=O) groups is 1. The van der Waals surface area contributed by atoms with Crippen LogP contribution in [0.25, 0.3) is 0 Å². The van der Waals surface area contributed by atoms with Gasteiger partial charge in [0.2, 0.25) is 0 Å². The van der Waals surface area contributed by atoms with E-state index in [1.807, 2.05) is 4.90 Å². The average molecular weight is 320 g/mol. The fourth-order valence-electron chi connectivity index (χ4n) is 2.71. The summed E-state index contributed by atoms with van der Waals surface area (Å²) in [5.41, 5.74) is 1.05. The molecule has 0 unspecified atom stereocenters. The highest BCUT2D eigenvalue weighted by atomic mass is 16.6. The van der Waals surface area contributed by atoms with Crippen LogP contribution in [-0.4, -0.2) is 48.1 Å². The van der Waals surface area contributed by atoms with E-state index in [0.717, 1.165) is 31.6 Å². The number of nitro groups is 1. The summed E-state index contributed by atoms with van der Waals surface area (Å²) in [4.78, 5) is 26.5. The van der Waals surface area contributed by atoms with Crippen molar-refractivity contribution in [3.05, 3.63) is 34.4 Å². The molecule has 1 N–H and O–H groups in total. The van der Waals surface area contributed by atoms with Crippen LogP contribution in [0.1, 0.15) is 26.7 Å². The first-order chi connectivity index (χ1) is 11.0. The van der Waals surface area contributed by atoms with E-state index in [1.54, 1.807) is 12.1 Å². The molecule has 1 aliphatic rings. The van der Waals surface area contributed by atoms with Crippen molar-refractivity contribution in [1.82, 2.24) is 10.2 Å². The number of hydrogen-bond donors (Lipinski definition) is 1. The minimum absolute atomic E-state index is 0.00190. The van der Waals surface area contributed by atoms with Gasteiger partial charge in [-0.3, -0.25) is 10.1 Å². The largest absolute Gasteiger partial charge is 0.368 e. The molecule has 1 saturated heterocycles. The first-order valence-electron chi connectivity index (χ1n) is 8.10. The normalized spacial score (nSPS) is 14.9. The number of non-ortho nitro benzene ring substituents is 1. The summed E-state index contributed by atoms with van der Waals surface area (Å²) in [5.74, 6) is 0. The molecule has 0 spiro atoms. The molecule has 0 bridgehead atoms. The Morgan fingerprint density at radius 1 is 1.17 bits per heavy atom. The summed E-state index contributed by atoms with van der Waals surface area (Å²) in [7, 11) is 0. The standard InChI is InChI=1S/C16H24N4O3/c1-3-13(4-2)17-16(21)19-11-9-18(10-12-19)14-5-7-15(8-6-14)20(22)23/h5-8,13H,3-4,9-12H2,1-2H3,(H,17,21). The first kappa shape index (κ1) is 17.1. The molecular formula is C16H24N4O3. The molecule has 2 amide bonds. The number of amides is 2. The van der Waals surface area contributed by atoms with Crippen molar-refractivity contribution in [3.63, 3.8) is 0 Å². The van der Waals surface area contributed by atoms with Gasteiger partial charge in [-0.25, -0.2) is 4.79 Å². The topological polar surface area (TPSA) is 78.7 Å². The minimum atomic E-state index is -0.399. The van der Waals surface area contributed by atoms with Gasteiger partial charge in [-0.05, 0) is 25.0 Å². The van der Waals surface area contributed by atoms with Crippen LogP contribution in [0.4, 0.5) is 16.2 Å². The van der Waals surface area contributed by atoms with Crippen LogP contribution in [0.3, 0.4) is 0 Å². The van der Waals surface area contributed by atoms with E-state index >= 15 is 0 Å². The van der Waals surface area contributed by atoms with Gasteiger partial charge < -0.3 is 15.1 Å². The number of rotatable bonds is 5. The summed E-state index contributed by atoms with van der Waals surface area (Å²) in [6.45, 7) is 6.91. The van der Waals surface area contributed by atoms with Gasteiger partial charge in [0.25, 0.3) is 5.69 Å². The predicted molar refractivity (Wildman–Crippen MR) is 89.8 cm³/mol. The van der Waals surface area contributed by atoms with Crippen LogP contribution in [0, 0.1) is 10.1 Å². The van der Waals surface area contributed by atoms with E-state index in [0.29, 0.717) is 13.1 Å². The van der Waals surface area contributed by atoms with Gasteiger partial charge >= 0.3 is 6.03 Å². The average Bonchev–Trinajstić information content (AvgIpc) is 2.59. The smallest absolute Gasteiger partial charge is 0.317 e. The van der Waals surface area contributed by atoms with E-state index in [4.69, 9.17) is 0 Å². The highest BCUT2D eigenvalue weighted by molar-refractivity contribution is 5.75. The Morgan fingerprint density at radius 2 is 1.74 bits per heavy atom. The molecular weight excluding hydrogens is 296 g/mol. The molecule has 1 aliphatic heterocycles. The number of anilines is 1. The second kappa shape index (κ2) is 7.80. The third-order valence-electron chi connectivity index (χ3n) is 4.31. The third-order valence-corrected chi connectivity index (χ3v) is 4.31. The summed E-state index contributed by atoms with van der Waals surface area (Å²) in [5, 5.41) is 13.7. The number of carbonyl (C=O) groups excluding carboxylic acids is 1. The van der Waals surface area contributed by atoms with E-state index in [9.17, 15) is 14.9 Å². The predicted octanol–water partition coefficient (Wildman–Crippen LogP) is 2.62. The van der Waals surface area contributed by atoms with Crippen LogP contribution in [0.15, 0.2) is 24.3 Å². The molecule has 7 nitrogen and oxygen atoms in total. The van der Waals surface area contributed by atoms with Gasteiger partial charge in [-0.1, -0.05) is 13.8 Å². The van der Waals surface area contributed by atoms with Gasteiger partial charge in [-0.2, -0.15) is 0 Å². The van der Waals surface area contributed by atoms with Crippen LogP contribution in [0.2, 0.25) is 0 Å². The summed E-state index contributed by atoms with van der Waals surface area (Å²) < 4.78 is 0. The highest BCUT2D eigenvalue weighted by Gasteiger charge is 2.22. The molecule has 23 heavy (non-hydrogen) atoms. The van der Waals surface area contributed by atoms with Gasteiger partial charge in [0.15, 0.2) is 0 Å². The Bertz CT molecular complexity index is 535. The maximum atomic E-state index is 12.2. The lowest BCUT2D eigenvalue weighted by Crippen LogP contribution is -2.53. The van der Waals surface area contributed by atoms with Crippen LogP contribution < -0.4 is 10.2 Å². The zero-order valence-electron chi connectivity index (χ0n) is 13.7. The van der Waals surface area contributed by atoms with Crippen LogP contribution in [-0.2, 0) is 0 Å². The van der Waals surface area contributed by atoms with Crippen molar-refractivity contribution in [2.45, 2.75) is 32.7 Å². The highest BCUT2D eigenvalue weighted by Crippen LogP contribution is 2.20. The maximum absolute atomic E-state index is 12.2. The van der Waals surface area contributed by atoms with E-state index in [2.05, 4.69) is 24.1 Å². The molecule has 1 fully saturated rings. The quantitative estimate of drug-likeness (QED) is 0.668. The Kier molecular flexibility index (Phi) is 5.78. The lowest BCUT2D eigenvalue weighted by Gasteiger charge is -2.36. The Labute approximate surface area is 136 Å². The summed E-state index contributed by atoms with van der Waals surface area (Å²) in [6, 6.07) is 6.79. The maximum Gasteiger partial charge on any atom is 0.317 e. The fourth-order valence-corrected chi connectivity index (χ4v) is 2.71. The molecule has 0 radical (unpaired) electrons.